The molecule has 0 aromatic carbocycles. The molecule has 1 aromatic heterocycles. The van der Waals surface area contributed by atoms with Gasteiger partial charge in [0.1, 0.15) is 0 Å². The summed E-state index contributed by atoms with van der Waals surface area (Å²) < 4.78 is 0. The van der Waals surface area contributed by atoms with Gasteiger partial charge in [-0.05, 0) is 18.7 Å². The predicted molar refractivity (Wildman–Crippen MR) is 46.1 cm³/mol. The van der Waals surface area contributed by atoms with Crippen LogP contribution < -0.4 is 5.32 Å². The molecule has 0 aliphatic carbocycles. The zero-order valence-corrected chi connectivity index (χ0v) is 7.33. The SMILES string of the molecule is CC.CNCc1ccnnc1. The van der Waals surface area contributed by atoms with Crippen LogP contribution in [-0.2, 0) is 6.54 Å². The van der Waals surface area contributed by atoms with Gasteiger partial charge in [-0.2, -0.15) is 10.2 Å². The molecule has 0 saturated carbocycles. The fraction of sp³-hybridized carbons (Fsp3) is 0.500. The van der Waals surface area contributed by atoms with E-state index in [9.17, 15) is 0 Å². The van der Waals surface area contributed by atoms with Crippen molar-refractivity contribution in [3.63, 3.8) is 0 Å². The van der Waals surface area contributed by atoms with Crippen LogP contribution in [0, 0.1) is 0 Å². The highest BCUT2D eigenvalue weighted by atomic mass is 15.1. The number of rotatable bonds is 2. The molecule has 0 bridgehead atoms. The lowest BCUT2D eigenvalue weighted by molar-refractivity contribution is 0.805. The zero-order valence-electron chi connectivity index (χ0n) is 7.33. The topological polar surface area (TPSA) is 37.8 Å². The lowest BCUT2D eigenvalue weighted by Crippen LogP contribution is -2.05. The number of aromatic nitrogens is 2. The first-order valence-electron chi connectivity index (χ1n) is 3.83. The van der Waals surface area contributed by atoms with E-state index in [0.29, 0.717) is 0 Å². The molecule has 62 valence electrons. The van der Waals surface area contributed by atoms with Crippen LogP contribution >= 0.6 is 0 Å². The van der Waals surface area contributed by atoms with E-state index in [-0.39, 0.29) is 0 Å². The minimum absolute atomic E-state index is 0.857. The van der Waals surface area contributed by atoms with Gasteiger partial charge in [-0.3, -0.25) is 0 Å². The van der Waals surface area contributed by atoms with Crippen LogP contribution in [-0.4, -0.2) is 17.2 Å². The maximum absolute atomic E-state index is 3.71. The summed E-state index contributed by atoms with van der Waals surface area (Å²) in [5.74, 6) is 0. The van der Waals surface area contributed by atoms with Gasteiger partial charge >= 0.3 is 0 Å². The van der Waals surface area contributed by atoms with Crippen molar-refractivity contribution in [2.45, 2.75) is 20.4 Å². The molecule has 0 fully saturated rings. The summed E-state index contributed by atoms with van der Waals surface area (Å²) >= 11 is 0. The molecule has 0 aliphatic heterocycles. The Morgan fingerprint density at radius 1 is 1.36 bits per heavy atom. The van der Waals surface area contributed by atoms with Gasteiger partial charge in [-0.15, -0.1) is 0 Å². The Morgan fingerprint density at radius 3 is 2.55 bits per heavy atom. The molecule has 0 radical (unpaired) electrons. The molecular formula is C8H15N3. The Bertz CT molecular complexity index is 162. The molecule has 1 aromatic rings. The van der Waals surface area contributed by atoms with Gasteiger partial charge in [-0.1, -0.05) is 13.8 Å². The minimum atomic E-state index is 0.857. The summed E-state index contributed by atoms with van der Waals surface area (Å²) in [5.41, 5.74) is 1.16. The van der Waals surface area contributed by atoms with Gasteiger partial charge in [0.25, 0.3) is 0 Å². The molecule has 0 aliphatic rings. The Kier molecular flexibility index (Phi) is 6.53. The Labute approximate surface area is 67.9 Å². The molecule has 1 N–H and O–H groups in total. The highest BCUT2D eigenvalue weighted by Crippen LogP contribution is 1.90. The second kappa shape index (κ2) is 7.15. The lowest BCUT2D eigenvalue weighted by atomic mass is 10.3. The van der Waals surface area contributed by atoms with E-state index in [1.54, 1.807) is 12.4 Å². The fourth-order valence-electron chi connectivity index (χ4n) is 0.627. The maximum Gasteiger partial charge on any atom is 0.0541 e. The van der Waals surface area contributed by atoms with Crippen molar-refractivity contribution in [1.82, 2.24) is 15.5 Å². The summed E-state index contributed by atoms with van der Waals surface area (Å²) in [6.45, 7) is 4.86. The maximum atomic E-state index is 3.71. The Morgan fingerprint density at radius 2 is 2.09 bits per heavy atom. The van der Waals surface area contributed by atoms with Crippen molar-refractivity contribution in [1.29, 1.82) is 0 Å². The third kappa shape index (κ3) is 4.44. The van der Waals surface area contributed by atoms with Crippen molar-refractivity contribution >= 4 is 0 Å². The van der Waals surface area contributed by atoms with Gasteiger partial charge in [0.15, 0.2) is 0 Å². The van der Waals surface area contributed by atoms with Crippen molar-refractivity contribution in [3.8, 4) is 0 Å². The summed E-state index contributed by atoms with van der Waals surface area (Å²) in [5, 5.41) is 10.4. The average molecular weight is 153 g/mol. The standard InChI is InChI=1S/C6H9N3.C2H6/c1-7-4-6-2-3-8-9-5-6;1-2/h2-3,5,7H,4H2,1H3;1-2H3. The largest absolute Gasteiger partial charge is 0.316 e. The highest BCUT2D eigenvalue weighted by molar-refractivity contribution is 5.03. The second-order valence-corrected chi connectivity index (χ2v) is 1.78. The van der Waals surface area contributed by atoms with Crippen molar-refractivity contribution in [2.75, 3.05) is 7.05 Å². The number of hydrogen-bond donors (Lipinski definition) is 1. The first-order valence-corrected chi connectivity index (χ1v) is 3.83. The van der Waals surface area contributed by atoms with Crippen LogP contribution in [0.15, 0.2) is 18.5 Å². The molecule has 1 rings (SSSR count). The first kappa shape index (κ1) is 10.0. The third-order valence-corrected chi connectivity index (χ3v) is 1.03. The van der Waals surface area contributed by atoms with Crippen molar-refractivity contribution in [2.24, 2.45) is 0 Å². The summed E-state index contributed by atoms with van der Waals surface area (Å²) in [6, 6.07) is 1.93. The van der Waals surface area contributed by atoms with Crippen molar-refractivity contribution in [3.05, 3.63) is 24.0 Å². The number of hydrogen-bond acceptors (Lipinski definition) is 3. The van der Waals surface area contributed by atoms with E-state index in [0.717, 1.165) is 12.1 Å². The molecule has 0 saturated heterocycles. The summed E-state index contributed by atoms with van der Waals surface area (Å²) in [6.07, 6.45) is 3.43. The summed E-state index contributed by atoms with van der Waals surface area (Å²) in [7, 11) is 1.90. The molecule has 0 atom stereocenters. The van der Waals surface area contributed by atoms with Crippen LogP contribution in [0.4, 0.5) is 0 Å². The van der Waals surface area contributed by atoms with Crippen LogP contribution in [0.5, 0.6) is 0 Å². The highest BCUT2D eigenvalue weighted by Gasteiger charge is 1.85. The van der Waals surface area contributed by atoms with Crippen molar-refractivity contribution < 1.29 is 0 Å². The first-order chi connectivity index (χ1) is 5.43. The Balaban J connectivity index is 0.000000461. The second-order valence-electron chi connectivity index (χ2n) is 1.78. The molecule has 0 amide bonds. The fourth-order valence-corrected chi connectivity index (χ4v) is 0.627. The van der Waals surface area contributed by atoms with E-state index < -0.39 is 0 Å². The van der Waals surface area contributed by atoms with Gasteiger partial charge in [0.2, 0.25) is 0 Å². The van der Waals surface area contributed by atoms with E-state index in [1.807, 2.05) is 27.0 Å². The predicted octanol–water partition coefficient (Wildman–Crippen LogP) is 1.22. The van der Waals surface area contributed by atoms with E-state index in [1.165, 1.54) is 0 Å². The molecular weight excluding hydrogens is 138 g/mol. The van der Waals surface area contributed by atoms with Gasteiger partial charge in [0, 0.05) is 12.7 Å². The minimum Gasteiger partial charge on any atom is -0.316 e. The van der Waals surface area contributed by atoms with Crippen LogP contribution in [0.1, 0.15) is 19.4 Å². The molecule has 0 unspecified atom stereocenters. The molecule has 11 heavy (non-hydrogen) atoms. The van der Waals surface area contributed by atoms with E-state index in [2.05, 4.69) is 15.5 Å². The van der Waals surface area contributed by atoms with Gasteiger partial charge < -0.3 is 5.32 Å². The molecule has 1 heterocycles. The van der Waals surface area contributed by atoms with Gasteiger partial charge in [0.05, 0.1) is 6.20 Å². The normalized spacial score (nSPS) is 8.27. The smallest absolute Gasteiger partial charge is 0.0541 e. The third-order valence-electron chi connectivity index (χ3n) is 1.03. The quantitative estimate of drug-likeness (QED) is 0.694. The van der Waals surface area contributed by atoms with Gasteiger partial charge in [-0.25, -0.2) is 0 Å². The average Bonchev–Trinajstić information content (AvgIpc) is 2.11. The molecule has 3 nitrogen and oxygen atoms in total. The van der Waals surface area contributed by atoms with E-state index in [4.69, 9.17) is 0 Å². The Hall–Kier alpha value is -0.960. The number of nitrogens with zero attached hydrogens (tertiary/aromatic N) is 2. The zero-order chi connectivity index (χ0) is 8.53. The lowest BCUT2D eigenvalue weighted by Gasteiger charge is -1.94. The monoisotopic (exact) mass is 153 g/mol. The molecule has 3 heteroatoms. The molecule has 0 spiro atoms. The van der Waals surface area contributed by atoms with Crippen LogP contribution in [0.3, 0.4) is 0 Å². The van der Waals surface area contributed by atoms with Crippen LogP contribution in [0.25, 0.3) is 0 Å². The van der Waals surface area contributed by atoms with E-state index >= 15 is 0 Å². The number of nitrogens with one attached hydrogen (secondary N) is 1. The summed E-state index contributed by atoms with van der Waals surface area (Å²) in [4.78, 5) is 0. The van der Waals surface area contributed by atoms with Crippen LogP contribution in [0.2, 0.25) is 0 Å².